The summed E-state index contributed by atoms with van der Waals surface area (Å²) in [6.07, 6.45) is 1.88. The Bertz CT molecular complexity index is 331. The summed E-state index contributed by atoms with van der Waals surface area (Å²) < 4.78 is 5.08. The van der Waals surface area contributed by atoms with Crippen molar-refractivity contribution in [1.29, 1.82) is 0 Å². The van der Waals surface area contributed by atoms with E-state index in [0.29, 0.717) is 0 Å². The molecule has 2 fully saturated rings. The molecular formula is C11H18N2O5. The zero-order valence-electron chi connectivity index (χ0n) is 10.0. The number of ether oxygens (including phenoxy) is 1. The van der Waals surface area contributed by atoms with Gasteiger partial charge in [-0.2, -0.15) is 0 Å². The maximum absolute atomic E-state index is 12.0. The Labute approximate surface area is 105 Å². The van der Waals surface area contributed by atoms with Gasteiger partial charge in [-0.05, 0) is 12.8 Å². The summed E-state index contributed by atoms with van der Waals surface area (Å²) in [5.41, 5.74) is 0. The number of nitrogens with one attached hydrogen (secondary N) is 1. The number of aliphatic carboxylic acids is 1. The Kier molecular flexibility index (Phi) is 4.03. The van der Waals surface area contributed by atoms with Crippen molar-refractivity contribution in [3.8, 4) is 0 Å². The lowest BCUT2D eigenvalue weighted by molar-refractivity contribution is -0.142. The molecule has 2 amide bonds. The largest absolute Gasteiger partial charge is 0.481 e. The highest BCUT2D eigenvalue weighted by Crippen LogP contribution is 2.26. The molecule has 3 N–H and O–H groups in total. The van der Waals surface area contributed by atoms with Gasteiger partial charge in [-0.25, -0.2) is 4.79 Å². The SMILES string of the molecule is O=C(O)C1COCC1NC(=O)N(CCO)C1CC1. The third-order valence-electron chi connectivity index (χ3n) is 3.30. The quantitative estimate of drug-likeness (QED) is 0.602. The van der Waals surface area contributed by atoms with Crippen molar-refractivity contribution in [3.05, 3.63) is 0 Å². The molecule has 0 aromatic heterocycles. The Hall–Kier alpha value is -1.34. The normalized spacial score (nSPS) is 26.9. The lowest BCUT2D eigenvalue weighted by atomic mass is 10.0. The van der Waals surface area contributed by atoms with Gasteiger partial charge in [-0.3, -0.25) is 4.79 Å². The zero-order valence-corrected chi connectivity index (χ0v) is 10.0. The molecule has 7 nitrogen and oxygen atoms in total. The maximum Gasteiger partial charge on any atom is 0.318 e. The van der Waals surface area contributed by atoms with Crippen LogP contribution in [0.15, 0.2) is 0 Å². The molecule has 2 rings (SSSR count). The van der Waals surface area contributed by atoms with Crippen LogP contribution in [0.3, 0.4) is 0 Å². The number of carboxylic acid groups (broad SMARTS) is 1. The third kappa shape index (κ3) is 2.91. The first-order valence-electron chi connectivity index (χ1n) is 6.12. The summed E-state index contributed by atoms with van der Waals surface area (Å²) >= 11 is 0. The molecule has 1 heterocycles. The van der Waals surface area contributed by atoms with Gasteiger partial charge in [-0.1, -0.05) is 0 Å². The molecule has 1 aliphatic heterocycles. The predicted molar refractivity (Wildman–Crippen MR) is 61.1 cm³/mol. The van der Waals surface area contributed by atoms with E-state index in [1.165, 1.54) is 0 Å². The molecule has 1 saturated carbocycles. The van der Waals surface area contributed by atoms with Crippen molar-refractivity contribution in [3.63, 3.8) is 0 Å². The van der Waals surface area contributed by atoms with Crippen molar-refractivity contribution >= 4 is 12.0 Å². The number of carbonyl (C=O) groups excluding carboxylic acids is 1. The van der Waals surface area contributed by atoms with E-state index < -0.39 is 17.9 Å². The summed E-state index contributed by atoms with van der Waals surface area (Å²) in [7, 11) is 0. The van der Waals surface area contributed by atoms with E-state index >= 15 is 0 Å². The molecule has 102 valence electrons. The van der Waals surface area contributed by atoms with Crippen LogP contribution in [0.2, 0.25) is 0 Å². The number of urea groups is 1. The molecule has 0 radical (unpaired) electrons. The van der Waals surface area contributed by atoms with Gasteiger partial charge in [0, 0.05) is 12.6 Å². The van der Waals surface area contributed by atoms with E-state index in [4.69, 9.17) is 14.9 Å². The Morgan fingerprint density at radius 1 is 1.33 bits per heavy atom. The maximum atomic E-state index is 12.0. The number of hydrogen-bond donors (Lipinski definition) is 3. The van der Waals surface area contributed by atoms with Gasteiger partial charge >= 0.3 is 12.0 Å². The second kappa shape index (κ2) is 5.53. The van der Waals surface area contributed by atoms with Gasteiger partial charge in [0.25, 0.3) is 0 Å². The summed E-state index contributed by atoms with van der Waals surface area (Å²) in [6.45, 7) is 0.541. The minimum Gasteiger partial charge on any atom is -0.481 e. The first kappa shape index (κ1) is 13.1. The van der Waals surface area contributed by atoms with E-state index in [-0.39, 0.29) is 38.4 Å². The van der Waals surface area contributed by atoms with Crippen LogP contribution in [0, 0.1) is 5.92 Å². The van der Waals surface area contributed by atoms with Gasteiger partial charge in [0.1, 0.15) is 5.92 Å². The Morgan fingerprint density at radius 2 is 2.06 bits per heavy atom. The Balaban J connectivity index is 1.90. The fraction of sp³-hybridized carbons (Fsp3) is 0.818. The fourth-order valence-corrected chi connectivity index (χ4v) is 2.13. The molecule has 0 bridgehead atoms. The van der Waals surface area contributed by atoms with Crippen molar-refractivity contribution < 1.29 is 24.5 Å². The number of nitrogens with zero attached hydrogens (tertiary/aromatic N) is 1. The molecule has 2 atom stereocenters. The molecule has 2 aliphatic rings. The van der Waals surface area contributed by atoms with Crippen molar-refractivity contribution in [2.24, 2.45) is 5.92 Å². The smallest absolute Gasteiger partial charge is 0.318 e. The second-order valence-corrected chi connectivity index (χ2v) is 4.69. The number of carboxylic acids is 1. The second-order valence-electron chi connectivity index (χ2n) is 4.69. The average molecular weight is 258 g/mol. The summed E-state index contributed by atoms with van der Waals surface area (Å²) in [5, 5.41) is 20.6. The first-order valence-corrected chi connectivity index (χ1v) is 6.12. The van der Waals surface area contributed by atoms with E-state index in [0.717, 1.165) is 12.8 Å². The van der Waals surface area contributed by atoms with Crippen LogP contribution in [0.4, 0.5) is 4.79 Å². The summed E-state index contributed by atoms with van der Waals surface area (Å²) in [4.78, 5) is 24.5. The van der Waals surface area contributed by atoms with E-state index in [1.54, 1.807) is 4.90 Å². The molecule has 7 heteroatoms. The highest BCUT2D eigenvalue weighted by atomic mass is 16.5. The van der Waals surface area contributed by atoms with E-state index in [9.17, 15) is 9.59 Å². The Morgan fingerprint density at radius 3 is 2.61 bits per heavy atom. The summed E-state index contributed by atoms with van der Waals surface area (Å²) in [5.74, 6) is -1.65. The standard InChI is InChI=1S/C11H18N2O5/c14-4-3-13(7-1-2-7)11(17)12-9-6-18-5-8(9)10(15)16/h7-9,14H,1-6H2,(H,12,17)(H,15,16). The number of hydrogen-bond acceptors (Lipinski definition) is 4. The number of aliphatic hydroxyl groups excluding tert-OH is 1. The van der Waals surface area contributed by atoms with Gasteiger partial charge in [-0.15, -0.1) is 0 Å². The third-order valence-corrected chi connectivity index (χ3v) is 3.30. The molecular weight excluding hydrogens is 240 g/mol. The van der Waals surface area contributed by atoms with Gasteiger partial charge in [0.15, 0.2) is 0 Å². The van der Waals surface area contributed by atoms with Gasteiger partial charge < -0.3 is 25.2 Å². The van der Waals surface area contributed by atoms with E-state index in [1.807, 2.05) is 0 Å². The van der Waals surface area contributed by atoms with Crippen LogP contribution in [0.25, 0.3) is 0 Å². The molecule has 0 aromatic rings. The molecule has 1 saturated heterocycles. The van der Waals surface area contributed by atoms with Crippen LogP contribution in [-0.2, 0) is 9.53 Å². The van der Waals surface area contributed by atoms with Crippen molar-refractivity contribution in [1.82, 2.24) is 10.2 Å². The van der Waals surface area contributed by atoms with Gasteiger partial charge in [0.2, 0.25) is 0 Å². The highest BCUT2D eigenvalue weighted by molar-refractivity contribution is 5.77. The molecule has 1 aliphatic carbocycles. The van der Waals surface area contributed by atoms with Crippen LogP contribution in [-0.4, -0.2) is 65.6 Å². The van der Waals surface area contributed by atoms with Crippen molar-refractivity contribution in [2.75, 3.05) is 26.4 Å². The summed E-state index contributed by atoms with van der Waals surface area (Å²) in [6, 6.07) is -0.619. The van der Waals surface area contributed by atoms with Gasteiger partial charge in [0.05, 0.1) is 25.9 Å². The average Bonchev–Trinajstić information content (AvgIpc) is 3.05. The van der Waals surface area contributed by atoms with Crippen LogP contribution < -0.4 is 5.32 Å². The number of aliphatic hydroxyl groups is 1. The predicted octanol–water partition coefficient (Wildman–Crippen LogP) is -0.748. The number of carbonyl (C=O) groups is 2. The van der Waals surface area contributed by atoms with E-state index in [2.05, 4.69) is 5.32 Å². The van der Waals surface area contributed by atoms with Crippen LogP contribution in [0.1, 0.15) is 12.8 Å². The number of amides is 2. The number of rotatable bonds is 5. The minimum atomic E-state index is -0.960. The van der Waals surface area contributed by atoms with Crippen LogP contribution >= 0.6 is 0 Å². The zero-order chi connectivity index (χ0) is 13.1. The lowest BCUT2D eigenvalue weighted by Crippen LogP contribution is -2.50. The molecule has 0 spiro atoms. The highest BCUT2D eigenvalue weighted by Gasteiger charge is 2.38. The lowest BCUT2D eigenvalue weighted by Gasteiger charge is -2.25. The molecule has 18 heavy (non-hydrogen) atoms. The van der Waals surface area contributed by atoms with Crippen molar-refractivity contribution in [2.45, 2.75) is 24.9 Å². The molecule has 2 unspecified atom stereocenters. The topological polar surface area (TPSA) is 99.1 Å². The monoisotopic (exact) mass is 258 g/mol. The fourth-order valence-electron chi connectivity index (χ4n) is 2.13. The first-order chi connectivity index (χ1) is 8.63. The molecule has 0 aromatic carbocycles. The van der Waals surface area contributed by atoms with Crippen LogP contribution in [0.5, 0.6) is 0 Å². The minimum absolute atomic E-state index is 0.0898.